The van der Waals surface area contributed by atoms with Gasteiger partial charge in [0.25, 0.3) is 0 Å². The molecule has 0 aliphatic carbocycles. The summed E-state index contributed by atoms with van der Waals surface area (Å²) in [5, 5.41) is 19.8. The Hall–Kier alpha value is -1.83. The van der Waals surface area contributed by atoms with Crippen molar-refractivity contribution in [1.82, 2.24) is 16.0 Å². The molecule has 2 heterocycles. The van der Waals surface area contributed by atoms with Crippen LogP contribution in [0.15, 0.2) is 24.3 Å². The summed E-state index contributed by atoms with van der Waals surface area (Å²) in [7, 11) is 1.63. The number of carbonyl (C=O) groups is 1. The van der Waals surface area contributed by atoms with E-state index < -0.39 is 18.3 Å². The third-order valence-corrected chi connectivity index (χ3v) is 5.63. The summed E-state index contributed by atoms with van der Waals surface area (Å²) in [6, 6.07) is 7.66. The Morgan fingerprint density at radius 3 is 2.81 bits per heavy atom. The fourth-order valence-electron chi connectivity index (χ4n) is 3.91. The van der Waals surface area contributed by atoms with Crippen LogP contribution in [0.25, 0.3) is 0 Å². The van der Waals surface area contributed by atoms with Crippen molar-refractivity contribution in [3.05, 3.63) is 29.8 Å². The zero-order valence-corrected chi connectivity index (χ0v) is 16.2. The Morgan fingerprint density at radius 2 is 2.15 bits per heavy atom. The van der Waals surface area contributed by atoms with E-state index in [1.165, 1.54) is 6.42 Å². The number of hydrogen-bond donors (Lipinski definition) is 4. The zero-order valence-electron chi connectivity index (χ0n) is 16.2. The fourth-order valence-corrected chi connectivity index (χ4v) is 3.91. The lowest BCUT2D eigenvalue weighted by Gasteiger charge is -2.25. The van der Waals surface area contributed by atoms with Gasteiger partial charge in [0.1, 0.15) is 18.0 Å². The van der Waals surface area contributed by atoms with E-state index in [1.807, 2.05) is 24.3 Å². The highest BCUT2D eigenvalue weighted by molar-refractivity contribution is 5.67. The molecule has 2 aliphatic rings. The fraction of sp³-hybridized carbons (Fsp3) is 0.650. The maximum atomic E-state index is 12.2. The van der Waals surface area contributed by atoms with E-state index >= 15 is 0 Å². The number of aliphatic hydroxyl groups is 1. The van der Waals surface area contributed by atoms with Gasteiger partial charge < -0.3 is 30.5 Å². The Labute approximate surface area is 160 Å². The average molecular weight is 377 g/mol. The number of methoxy groups -OCH3 is 1. The lowest BCUT2D eigenvalue weighted by molar-refractivity contribution is 0.0188. The molecule has 27 heavy (non-hydrogen) atoms. The van der Waals surface area contributed by atoms with Crippen LogP contribution in [-0.2, 0) is 11.2 Å². The molecular formula is C20H31N3O4. The molecule has 2 saturated heterocycles. The standard InChI is InChI=1S/C20H31N3O4/c1-20(8-3-10-23-20)9-11-21-19(25)27-18-16(22-13-17(18)24)12-14-4-6-15(26-2)7-5-14/h4-7,16-18,22-24H,3,8-13H2,1-2H3,(H,21,25)/t16-,17+,18+,20+/m1/s1. The summed E-state index contributed by atoms with van der Waals surface area (Å²) in [5.74, 6) is 0.802. The molecule has 4 atom stereocenters. The minimum absolute atomic E-state index is 0.0958. The molecule has 2 aliphatic heterocycles. The number of β-amino-alcohol motifs (C(OH)–C–C–N with tert-alkyl or cyclic N) is 1. The van der Waals surface area contributed by atoms with Crippen molar-refractivity contribution in [1.29, 1.82) is 0 Å². The van der Waals surface area contributed by atoms with Gasteiger partial charge in [-0.1, -0.05) is 12.1 Å². The van der Waals surface area contributed by atoms with Crippen molar-refractivity contribution in [3.63, 3.8) is 0 Å². The highest BCUT2D eigenvalue weighted by Crippen LogP contribution is 2.22. The molecule has 0 radical (unpaired) electrons. The van der Waals surface area contributed by atoms with Gasteiger partial charge in [0, 0.05) is 18.6 Å². The second-order valence-corrected chi connectivity index (χ2v) is 7.77. The van der Waals surface area contributed by atoms with Crippen LogP contribution < -0.4 is 20.7 Å². The molecule has 2 fully saturated rings. The molecular weight excluding hydrogens is 346 g/mol. The van der Waals surface area contributed by atoms with Gasteiger partial charge in [-0.15, -0.1) is 0 Å². The van der Waals surface area contributed by atoms with Crippen LogP contribution in [0, 0.1) is 0 Å². The van der Waals surface area contributed by atoms with E-state index in [2.05, 4.69) is 22.9 Å². The molecule has 7 heteroatoms. The number of ether oxygens (including phenoxy) is 2. The van der Waals surface area contributed by atoms with Crippen molar-refractivity contribution in [2.75, 3.05) is 26.7 Å². The summed E-state index contributed by atoms with van der Waals surface area (Å²) in [4.78, 5) is 12.2. The molecule has 0 aromatic heterocycles. The number of hydrogen-bond acceptors (Lipinski definition) is 6. The molecule has 4 N–H and O–H groups in total. The van der Waals surface area contributed by atoms with E-state index in [-0.39, 0.29) is 11.6 Å². The third-order valence-electron chi connectivity index (χ3n) is 5.63. The Balaban J connectivity index is 1.48. The number of aliphatic hydroxyl groups excluding tert-OH is 1. The molecule has 7 nitrogen and oxygen atoms in total. The first-order valence-electron chi connectivity index (χ1n) is 9.73. The molecule has 0 spiro atoms. The van der Waals surface area contributed by atoms with Crippen LogP contribution in [0.1, 0.15) is 31.7 Å². The number of rotatable bonds is 7. The zero-order chi connectivity index (χ0) is 19.3. The first kappa shape index (κ1) is 19.9. The molecule has 1 amide bonds. The Kier molecular flexibility index (Phi) is 6.57. The molecule has 3 rings (SSSR count). The number of nitrogens with one attached hydrogen (secondary N) is 3. The second-order valence-electron chi connectivity index (χ2n) is 7.77. The van der Waals surface area contributed by atoms with Gasteiger partial charge in [0.2, 0.25) is 0 Å². The average Bonchev–Trinajstić information content (AvgIpc) is 3.23. The Bertz CT molecular complexity index is 616. The topological polar surface area (TPSA) is 91.8 Å². The van der Waals surface area contributed by atoms with E-state index in [0.717, 1.165) is 30.7 Å². The van der Waals surface area contributed by atoms with Gasteiger partial charge >= 0.3 is 6.09 Å². The van der Waals surface area contributed by atoms with Crippen LogP contribution in [0.4, 0.5) is 4.79 Å². The van der Waals surface area contributed by atoms with Crippen molar-refractivity contribution in [2.45, 2.75) is 56.4 Å². The number of benzene rings is 1. The summed E-state index contributed by atoms with van der Waals surface area (Å²) in [6.45, 7) is 4.19. The van der Waals surface area contributed by atoms with Crippen LogP contribution in [0.5, 0.6) is 5.75 Å². The molecule has 0 saturated carbocycles. The lowest BCUT2D eigenvalue weighted by atomic mass is 9.96. The molecule has 1 aromatic carbocycles. The summed E-state index contributed by atoms with van der Waals surface area (Å²) in [5.41, 5.74) is 1.19. The van der Waals surface area contributed by atoms with Gasteiger partial charge in [-0.05, 0) is 56.8 Å². The maximum Gasteiger partial charge on any atom is 0.407 e. The third kappa shape index (κ3) is 5.34. The van der Waals surface area contributed by atoms with Gasteiger partial charge in [0.15, 0.2) is 0 Å². The number of alkyl carbamates (subject to hydrolysis) is 1. The summed E-state index contributed by atoms with van der Waals surface area (Å²) in [6.07, 6.45) is 2.10. The van der Waals surface area contributed by atoms with Crippen molar-refractivity contribution in [2.24, 2.45) is 0 Å². The molecule has 0 unspecified atom stereocenters. The van der Waals surface area contributed by atoms with Crippen molar-refractivity contribution in [3.8, 4) is 5.75 Å². The van der Waals surface area contributed by atoms with Crippen LogP contribution in [0.2, 0.25) is 0 Å². The maximum absolute atomic E-state index is 12.2. The highest BCUT2D eigenvalue weighted by Gasteiger charge is 2.38. The predicted molar refractivity (Wildman–Crippen MR) is 103 cm³/mol. The first-order valence-corrected chi connectivity index (χ1v) is 9.73. The van der Waals surface area contributed by atoms with Crippen molar-refractivity contribution >= 4 is 6.09 Å². The molecule has 0 bridgehead atoms. The first-order chi connectivity index (χ1) is 13.0. The van der Waals surface area contributed by atoms with E-state index in [1.54, 1.807) is 7.11 Å². The number of carbonyl (C=O) groups excluding carboxylic acids is 1. The van der Waals surface area contributed by atoms with E-state index in [0.29, 0.717) is 19.5 Å². The lowest BCUT2D eigenvalue weighted by Crippen LogP contribution is -2.43. The monoisotopic (exact) mass is 377 g/mol. The van der Waals surface area contributed by atoms with Crippen LogP contribution in [-0.4, -0.2) is 61.7 Å². The normalized spacial score (nSPS) is 30.3. The van der Waals surface area contributed by atoms with Crippen molar-refractivity contribution < 1.29 is 19.4 Å². The summed E-state index contributed by atoms with van der Waals surface area (Å²) >= 11 is 0. The second kappa shape index (κ2) is 8.91. The van der Waals surface area contributed by atoms with Crippen LogP contribution >= 0.6 is 0 Å². The largest absolute Gasteiger partial charge is 0.497 e. The quantitative estimate of drug-likeness (QED) is 0.571. The number of amides is 1. The predicted octanol–water partition coefficient (Wildman–Crippen LogP) is 1.20. The molecule has 1 aromatic rings. The van der Waals surface area contributed by atoms with Gasteiger partial charge in [0.05, 0.1) is 13.2 Å². The smallest absolute Gasteiger partial charge is 0.407 e. The SMILES string of the molecule is COc1ccc(C[C@H]2NC[C@H](O)[C@H]2OC(=O)NCC[C@]2(C)CCCN2)cc1. The molecule has 150 valence electrons. The van der Waals surface area contributed by atoms with Gasteiger partial charge in [-0.3, -0.25) is 0 Å². The summed E-state index contributed by atoms with van der Waals surface area (Å²) < 4.78 is 10.7. The van der Waals surface area contributed by atoms with E-state index in [9.17, 15) is 9.90 Å². The minimum Gasteiger partial charge on any atom is -0.497 e. The van der Waals surface area contributed by atoms with E-state index in [4.69, 9.17) is 9.47 Å². The Morgan fingerprint density at radius 1 is 1.37 bits per heavy atom. The van der Waals surface area contributed by atoms with Gasteiger partial charge in [-0.25, -0.2) is 4.79 Å². The highest BCUT2D eigenvalue weighted by atomic mass is 16.6. The van der Waals surface area contributed by atoms with Crippen LogP contribution in [0.3, 0.4) is 0 Å². The minimum atomic E-state index is -0.701. The van der Waals surface area contributed by atoms with Gasteiger partial charge in [-0.2, -0.15) is 0 Å².